The smallest absolute Gasteiger partial charge is 0.223 e. The number of rotatable bonds is 6. The van der Waals surface area contributed by atoms with E-state index in [0.717, 1.165) is 29.8 Å². The molecule has 1 aromatic carbocycles. The van der Waals surface area contributed by atoms with E-state index in [1.165, 1.54) is 12.8 Å². The van der Waals surface area contributed by atoms with E-state index in [1.807, 2.05) is 29.2 Å². The molecular formula is C16H24Cl2N2O. The topological polar surface area (TPSA) is 46.3 Å². The molecule has 1 aromatic rings. The molecule has 1 saturated carbocycles. The van der Waals surface area contributed by atoms with Crippen LogP contribution in [-0.2, 0) is 11.3 Å². The van der Waals surface area contributed by atoms with E-state index >= 15 is 0 Å². The van der Waals surface area contributed by atoms with Gasteiger partial charge in [-0.3, -0.25) is 4.79 Å². The van der Waals surface area contributed by atoms with Crippen molar-refractivity contribution in [1.82, 2.24) is 4.90 Å². The van der Waals surface area contributed by atoms with Gasteiger partial charge in [0.05, 0.1) is 0 Å². The minimum atomic E-state index is 0. The Bertz CT molecular complexity index is 448. The Balaban J connectivity index is 0.00000220. The standard InChI is InChI=1S/C16H23ClN2O.ClH/c17-15-9-4-1-6-13(15)12-19(14-7-2-3-8-14)16(20)10-5-11-18;/h1,4,6,9,14H,2-3,5,7-8,10-12,18H2;1H. The lowest BCUT2D eigenvalue weighted by molar-refractivity contribution is -0.134. The Hall–Kier alpha value is -0.770. The number of hydrogen-bond acceptors (Lipinski definition) is 2. The first-order valence-electron chi connectivity index (χ1n) is 7.45. The number of benzene rings is 1. The summed E-state index contributed by atoms with van der Waals surface area (Å²) in [6, 6.07) is 8.14. The van der Waals surface area contributed by atoms with Gasteiger partial charge in [0.2, 0.25) is 5.91 Å². The molecule has 3 nitrogen and oxygen atoms in total. The molecule has 2 N–H and O–H groups in total. The monoisotopic (exact) mass is 330 g/mol. The average molecular weight is 331 g/mol. The lowest BCUT2D eigenvalue weighted by Gasteiger charge is -2.29. The fourth-order valence-corrected chi connectivity index (χ4v) is 3.04. The van der Waals surface area contributed by atoms with Crippen molar-refractivity contribution in [3.63, 3.8) is 0 Å². The third kappa shape index (κ3) is 5.17. The number of carbonyl (C=O) groups is 1. The molecule has 1 aliphatic carbocycles. The molecule has 0 heterocycles. The summed E-state index contributed by atoms with van der Waals surface area (Å²) in [6.07, 6.45) is 5.95. The maximum Gasteiger partial charge on any atom is 0.223 e. The number of nitrogens with zero attached hydrogens (tertiary/aromatic N) is 1. The highest BCUT2D eigenvalue weighted by Gasteiger charge is 2.26. The van der Waals surface area contributed by atoms with E-state index in [0.29, 0.717) is 25.6 Å². The van der Waals surface area contributed by atoms with Gasteiger partial charge in [-0.1, -0.05) is 42.6 Å². The second kappa shape index (κ2) is 9.29. The molecule has 2 rings (SSSR count). The average Bonchev–Trinajstić information content (AvgIpc) is 2.97. The Labute approximate surface area is 138 Å². The fraction of sp³-hybridized carbons (Fsp3) is 0.562. The molecule has 5 heteroatoms. The SMILES string of the molecule is Cl.NCCCC(=O)N(Cc1ccccc1Cl)C1CCCC1. The van der Waals surface area contributed by atoms with Crippen molar-refractivity contribution in [2.75, 3.05) is 6.54 Å². The van der Waals surface area contributed by atoms with Crippen LogP contribution in [0.5, 0.6) is 0 Å². The Morgan fingerprint density at radius 1 is 1.29 bits per heavy atom. The molecule has 0 saturated heterocycles. The number of amides is 1. The van der Waals surface area contributed by atoms with Gasteiger partial charge in [-0.15, -0.1) is 12.4 Å². The first-order chi connectivity index (χ1) is 9.72. The van der Waals surface area contributed by atoms with E-state index in [9.17, 15) is 4.79 Å². The highest BCUT2D eigenvalue weighted by molar-refractivity contribution is 6.31. The van der Waals surface area contributed by atoms with Crippen molar-refractivity contribution in [1.29, 1.82) is 0 Å². The van der Waals surface area contributed by atoms with Crippen LogP contribution in [-0.4, -0.2) is 23.4 Å². The van der Waals surface area contributed by atoms with Crippen LogP contribution < -0.4 is 5.73 Å². The molecule has 1 aliphatic rings. The second-order valence-electron chi connectivity index (χ2n) is 5.44. The van der Waals surface area contributed by atoms with Gasteiger partial charge in [-0.25, -0.2) is 0 Å². The Morgan fingerprint density at radius 2 is 1.95 bits per heavy atom. The highest BCUT2D eigenvalue weighted by Crippen LogP contribution is 2.27. The molecule has 1 fully saturated rings. The second-order valence-corrected chi connectivity index (χ2v) is 5.85. The summed E-state index contributed by atoms with van der Waals surface area (Å²) in [4.78, 5) is 14.4. The van der Waals surface area contributed by atoms with Gasteiger partial charge in [0.25, 0.3) is 0 Å². The van der Waals surface area contributed by atoms with Crippen LogP contribution >= 0.6 is 24.0 Å². The molecular weight excluding hydrogens is 307 g/mol. The zero-order valence-electron chi connectivity index (χ0n) is 12.3. The molecule has 0 atom stereocenters. The van der Waals surface area contributed by atoms with Crippen molar-refractivity contribution in [2.45, 2.75) is 51.1 Å². The van der Waals surface area contributed by atoms with Crippen LogP contribution in [0, 0.1) is 0 Å². The Kier molecular flexibility index (Phi) is 8.09. The summed E-state index contributed by atoms with van der Waals surface area (Å²) in [5, 5.41) is 0.738. The molecule has 0 aliphatic heterocycles. The van der Waals surface area contributed by atoms with Crippen LogP contribution in [0.15, 0.2) is 24.3 Å². The minimum Gasteiger partial charge on any atom is -0.335 e. The van der Waals surface area contributed by atoms with E-state index in [1.54, 1.807) is 0 Å². The van der Waals surface area contributed by atoms with Gasteiger partial charge < -0.3 is 10.6 Å². The number of nitrogens with two attached hydrogens (primary N) is 1. The first-order valence-corrected chi connectivity index (χ1v) is 7.83. The largest absolute Gasteiger partial charge is 0.335 e. The molecule has 1 amide bonds. The molecule has 0 spiro atoms. The van der Waals surface area contributed by atoms with Crippen LogP contribution in [0.4, 0.5) is 0 Å². The fourth-order valence-electron chi connectivity index (χ4n) is 2.84. The zero-order chi connectivity index (χ0) is 14.4. The minimum absolute atomic E-state index is 0. The van der Waals surface area contributed by atoms with Crippen LogP contribution in [0.3, 0.4) is 0 Å². The lowest BCUT2D eigenvalue weighted by Crippen LogP contribution is -2.38. The normalized spacial score (nSPS) is 14.8. The van der Waals surface area contributed by atoms with Crippen molar-refractivity contribution in [3.05, 3.63) is 34.9 Å². The third-order valence-electron chi connectivity index (χ3n) is 3.98. The highest BCUT2D eigenvalue weighted by atomic mass is 35.5. The summed E-state index contributed by atoms with van der Waals surface area (Å²) in [6.45, 7) is 1.18. The number of carbonyl (C=O) groups excluding carboxylic acids is 1. The number of halogens is 2. The van der Waals surface area contributed by atoms with Crippen LogP contribution in [0.1, 0.15) is 44.1 Å². The summed E-state index contributed by atoms with van der Waals surface area (Å²) in [5.74, 6) is 0.210. The Morgan fingerprint density at radius 3 is 2.57 bits per heavy atom. The zero-order valence-corrected chi connectivity index (χ0v) is 13.8. The molecule has 0 unspecified atom stereocenters. The van der Waals surface area contributed by atoms with E-state index in [-0.39, 0.29) is 18.3 Å². The van der Waals surface area contributed by atoms with Crippen molar-refractivity contribution in [2.24, 2.45) is 5.73 Å². The predicted octanol–water partition coefficient (Wildman–Crippen LogP) is 3.77. The van der Waals surface area contributed by atoms with Crippen molar-refractivity contribution < 1.29 is 4.79 Å². The molecule has 21 heavy (non-hydrogen) atoms. The first kappa shape index (κ1) is 18.3. The van der Waals surface area contributed by atoms with Crippen LogP contribution in [0.25, 0.3) is 0 Å². The lowest BCUT2D eigenvalue weighted by atomic mass is 10.1. The van der Waals surface area contributed by atoms with Gasteiger partial charge in [0.15, 0.2) is 0 Å². The molecule has 0 aromatic heterocycles. The van der Waals surface area contributed by atoms with Crippen molar-refractivity contribution in [3.8, 4) is 0 Å². The molecule has 0 bridgehead atoms. The molecule has 0 radical (unpaired) electrons. The van der Waals surface area contributed by atoms with E-state index in [2.05, 4.69) is 0 Å². The predicted molar refractivity (Wildman–Crippen MR) is 89.8 cm³/mol. The van der Waals surface area contributed by atoms with Crippen molar-refractivity contribution >= 4 is 29.9 Å². The quantitative estimate of drug-likeness (QED) is 0.862. The van der Waals surface area contributed by atoms with Gasteiger partial charge in [0, 0.05) is 24.0 Å². The van der Waals surface area contributed by atoms with E-state index in [4.69, 9.17) is 17.3 Å². The summed E-state index contributed by atoms with van der Waals surface area (Å²) >= 11 is 6.23. The summed E-state index contributed by atoms with van der Waals surface area (Å²) < 4.78 is 0. The van der Waals surface area contributed by atoms with Gasteiger partial charge >= 0.3 is 0 Å². The maximum absolute atomic E-state index is 12.4. The van der Waals surface area contributed by atoms with Gasteiger partial charge in [0.1, 0.15) is 0 Å². The van der Waals surface area contributed by atoms with E-state index < -0.39 is 0 Å². The molecule has 118 valence electrons. The summed E-state index contributed by atoms with van der Waals surface area (Å²) in [5.41, 5.74) is 6.55. The van der Waals surface area contributed by atoms with Crippen LogP contribution in [0.2, 0.25) is 5.02 Å². The van der Waals surface area contributed by atoms with Gasteiger partial charge in [-0.2, -0.15) is 0 Å². The summed E-state index contributed by atoms with van der Waals surface area (Å²) in [7, 11) is 0. The third-order valence-corrected chi connectivity index (χ3v) is 4.35. The maximum atomic E-state index is 12.4. The number of hydrogen-bond donors (Lipinski definition) is 1. The van der Waals surface area contributed by atoms with Gasteiger partial charge in [-0.05, 0) is 37.4 Å².